The molecule has 0 bridgehead atoms. The van der Waals surface area contributed by atoms with Crippen LogP contribution in [-0.4, -0.2) is 17.0 Å². The summed E-state index contributed by atoms with van der Waals surface area (Å²) in [6.45, 7) is 6.59. The van der Waals surface area contributed by atoms with Crippen LogP contribution in [0.5, 0.6) is 5.88 Å². The molecular weight excluding hydrogens is 330 g/mol. The fraction of sp³-hybridized carbons (Fsp3) is 0.375. The molecule has 2 aromatic rings. The zero-order valence-electron chi connectivity index (χ0n) is 12.8. The minimum absolute atomic E-state index is 0.255. The molecule has 0 saturated carbocycles. The molecule has 1 N–H and O–H groups in total. The van der Waals surface area contributed by atoms with E-state index in [-0.39, 0.29) is 5.92 Å². The Bertz CT molecular complexity index is 629. The van der Waals surface area contributed by atoms with Crippen LogP contribution in [0.4, 0.5) is 5.82 Å². The molecular formula is C16H20BrN3O. The van der Waals surface area contributed by atoms with E-state index in [4.69, 9.17) is 4.74 Å². The SMILES string of the molecule is CNc1nc(C(C)C)nc(OCc2cccc(Br)c2)c1C. The van der Waals surface area contributed by atoms with E-state index in [1.807, 2.05) is 38.2 Å². The summed E-state index contributed by atoms with van der Waals surface area (Å²) in [5.74, 6) is 2.50. The summed E-state index contributed by atoms with van der Waals surface area (Å²) in [6.07, 6.45) is 0. The van der Waals surface area contributed by atoms with Gasteiger partial charge >= 0.3 is 0 Å². The van der Waals surface area contributed by atoms with E-state index >= 15 is 0 Å². The van der Waals surface area contributed by atoms with Crippen molar-refractivity contribution in [1.82, 2.24) is 9.97 Å². The lowest BCUT2D eigenvalue weighted by atomic mass is 10.2. The van der Waals surface area contributed by atoms with E-state index in [2.05, 4.69) is 45.1 Å². The number of hydrogen-bond acceptors (Lipinski definition) is 4. The van der Waals surface area contributed by atoms with E-state index < -0.39 is 0 Å². The fourth-order valence-corrected chi connectivity index (χ4v) is 2.38. The minimum atomic E-state index is 0.255. The maximum Gasteiger partial charge on any atom is 0.222 e. The Morgan fingerprint density at radius 1 is 1.29 bits per heavy atom. The summed E-state index contributed by atoms with van der Waals surface area (Å²) in [6, 6.07) is 8.06. The topological polar surface area (TPSA) is 47.0 Å². The number of nitrogens with zero attached hydrogens (tertiary/aromatic N) is 2. The van der Waals surface area contributed by atoms with Crippen LogP contribution in [0.2, 0.25) is 0 Å². The first-order valence-electron chi connectivity index (χ1n) is 6.94. The van der Waals surface area contributed by atoms with Gasteiger partial charge < -0.3 is 10.1 Å². The molecule has 0 amide bonds. The van der Waals surface area contributed by atoms with Crippen molar-refractivity contribution in [2.45, 2.75) is 33.3 Å². The second kappa shape index (κ2) is 6.89. The number of hydrogen-bond donors (Lipinski definition) is 1. The predicted octanol–water partition coefficient (Wildman–Crippen LogP) is 4.29. The van der Waals surface area contributed by atoms with Crippen LogP contribution in [0.1, 0.15) is 36.7 Å². The van der Waals surface area contributed by atoms with Gasteiger partial charge in [-0.1, -0.05) is 41.9 Å². The van der Waals surface area contributed by atoms with Crippen molar-refractivity contribution in [3.05, 3.63) is 45.7 Å². The lowest BCUT2D eigenvalue weighted by Gasteiger charge is -2.14. The smallest absolute Gasteiger partial charge is 0.222 e. The highest BCUT2D eigenvalue weighted by Crippen LogP contribution is 2.25. The number of anilines is 1. The first-order valence-corrected chi connectivity index (χ1v) is 7.74. The number of halogens is 1. The van der Waals surface area contributed by atoms with Crippen LogP contribution in [0.3, 0.4) is 0 Å². The van der Waals surface area contributed by atoms with Crippen molar-refractivity contribution in [1.29, 1.82) is 0 Å². The Morgan fingerprint density at radius 2 is 2.05 bits per heavy atom. The molecule has 0 unspecified atom stereocenters. The standard InChI is InChI=1S/C16H20BrN3O/c1-10(2)14-19-15(18-4)11(3)16(20-14)21-9-12-6-5-7-13(17)8-12/h5-8,10H,9H2,1-4H3,(H,18,19,20). The van der Waals surface area contributed by atoms with Crippen molar-refractivity contribution in [2.75, 3.05) is 12.4 Å². The van der Waals surface area contributed by atoms with Gasteiger partial charge in [0.2, 0.25) is 5.88 Å². The average Bonchev–Trinajstić information content (AvgIpc) is 2.46. The predicted molar refractivity (Wildman–Crippen MR) is 88.9 cm³/mol. The van der Waals surface area contributed by atoms with Gasteiger partial charge in [-0.25, -0.2) is 4.98 Å². The summed E-state index contributed by atoms with van der Waals surface area (Å²) >= 11 is 3.47. The van der Waals surface area contributed by atoms with Crippen LogP contribution in [0.25, 0.3) is 0 Å². The van der Waals surface area contributed by atoms with E-state index in [0.29, 0.717) is 12.5 Å². The van der Waals surface area contributed by atoms with Gasteiger partial charge in [-0.2, -0.15) is 4.98 Å². The van der Waals surface area contributed by atoms with Gasteiger partial charge in [0.05, 0.1) is 5.56 Å². The Labute approximate surface area is 134 Å². The molecule has 0 radical (unpaired) electrons. The highest BCUT2D eigenvalue weighted by Gasteiger charge is 2.13. The first kappa shape index (κ1) is 15.8. The molecule has 0 aliphatic rings. The maximum absolute atomic E-state index is 5.90. The zero-order chi connectivity index (χ0) is 15.4. The van der Waals surface area contributed by atoms with E-state index in [9.17, 15) is 0 Å². The summed E-state index contributed by atoms with van der Waals surface area (Å²) in [7, 11) is 1.86. The highest BCUT2D eigenvalue weighted by atomic mass is 79.9. The lowest BCUT2D eigenvalue weighted by molar-refractivity contribution is 0.289. The summed E-state index contributed by atoms with van der Waals surface area (Å²) < 4.78 is 6.94. The third-order valence-electron chi connectivity index (χ3n) is 3.14. The fourth-order valence-electron chi connectivity index (χ4n) is 1.93. The Morgan fingerprint density at radius 3 is 2.67 bits per heavy atom. The summed E-state index contributed by atoms with van der Waals surface area (Å²) in [5, 5.41) is 3.10. The van der Waals surface area contributed by atoms with E-state index in [0.717, 1.165) is 27.2 Å². The number of ether oxygens (including phenoxy) is 1. The molecule has 21 heavy (non-hydrogen) atoms. The van der Waals surface area contributed by atoms with Gasteiger partial charge in [0.15, 0.2) is 0 Å². The Hall–Kier alpha value is -1.62. The van der Waals surface area contributed by atoms with E-state index in [1.54, 1.807) is 0 Å². The third kappa shape index (κ3) is 3.94. The molecule has 0 aliphatic heterocycles. The van der Waals surface area contributed by atoms with Gasteiger partial charge in [0, 0.05) is 17.4 Å². The van der Waals surface area contributed by atoms with Crippen LogP contribution in [0.15, 0.2) is 28.7 Å². The van der Waals surface area contributed by atoms with Gasteiger partial charge in [-0.15, -0.1) is 0 Å². The summed E-state index contributed by atoms with van der Waals surface area (Å²) in [5.41, 5.74) is 2.02. The van der Waals surface area contributed by atoms with Gasteiger partial charge in [-0.3, -0.25) is 0 Å². The van der Waals surface area contributed by atoms with Crippen molar-refractivity contribution in [2.24, 2.45) is 0 Å². The normalized spacial score (nSPS) is 10.8. The Balaban J connectivity index is 2.24. The van der Waals surface area contributed by atoms with Crippen molar-refractivity contribution in [3.63, 3.8) is 0 Å². The third-order valence-corrected chi connectivity index (χ3v) is 3.63. The lowest BCUT2D eigenvalue weighted by Crippen LogP contribution is -2.08. The second-order valence-electron chi connectivity index (χ2n) is 5.18. The molecule has 5 heteroatoms. The largest absolute Gasteiger partial charge is 0.472 e. The zero-order valence-corrected chi connectivity index (χ0v) is 14.4. The van der Waals surface area contributed by atoms with Crippen LogP contribution in [-0.2, 0) is 6.61 Å². The average molecular weight is 350 g/mol. The molecule has 0 atom stereocenters. The van der Waals surface area contributed by atoms with Gasteiger partial charge in [-0.05, 0) is 24.6 Å². The molecule has 0 fully saturated rings. The van der Waals surface area contributed by atoms with Crippen molar-refractivity contribution < 1.29 is 4.74 Å². The van der Waals surface area contributed by atoms with Crippen LogP contribution in [0, 0.1) is 6.92 Å². The second-order valence-corrected chi connectivity index (χ2v) is 6.10. The Kier molecular flexibility index (Phi) is 5.17. The van der Waals surface area contributed by atoms with Gasteiger partial charge in [0.25, 0.3) is 0 Å². The molecule has 112 valence electrons. The molecule has 1 aromatic heterocycles. The van der Waals surface area contributed by atoms with Crippen molar-refractivity contribution >= 4 is 21.7 Å². The van der Waals surface area contributed by atoms with Crippen molar-refractivity contribution in [3.8, 4) is 5.88 Å². The highest BCUT2D eigenvalue weighted by molar-refractivity contribution is 9.10. The molecule has 1 heterocycles. The number of benzene rings is 1. The molecule has 1 aromatic carbocycles. The molecule has 0 aliphatic carbocycles. The molecule has 0 spiro atoms. The molecule has 0 saturated heterocycles. The van der Waals surface area contributed by atoms with E-state index in [1.165, 1.54) is 0 Å². The minimum Gasteiger partial charge on any atom is -0.472 e. The number of aromatic nitrogens is 2. The molecule has 2 rings (SSSR count). The number of rotatable bonds is 5. The monoisotopic (exact) mass is 349 g/mol. The first-order chi connectivity index (χ1) is 10.0. The quantitative estimate of drug-likeness (QED) is 0.874. The van der Waals surface area contributed by atoms with Crippen LogP contribution >= 0.6 is 15.9 Å². The molecule has 4 nitrogen and oxygen atoms in total. The maximum atomic E-state index is 5.90. The number of nitrogens with one attached hydrogen (secondary N) is 1. The van der Waals surface area contributed by atoms with Gasteiger partial charge in [0.1, 0.15) is 18.2 Å². The van der Waals surface area contributed by atoms with Crippen LogP contribution < -0.4 is 10.1 Å². The summed E-state index contributed by atoms with van der Waals surface area (Å²) in [4.78, 5) is 9.04.